The van der Waals surface area contributed by atoms with Gasteiger partial charge in [-0.2, -0.15) is 0 Å². The normalized spacial score (nSPS) is 26.3. The van der Waals surface area contributed by atoms with Gasteiger partial charge in [-0.05, 0) is 32.6 Å². The Morgan fingerprint density at radius 2 is 2.04 bits per heavy atom. The highest BCUT2D eigenvalue weighted by Crippen LogP contribution is 2.35. The van der Waals surface area contributed by atoms with Gasteiger partial charge in [-0.15, -0.1) is 0 Å². The lowest BCUT2D eigenvalue weighted by Crippen LogP contribution is -2.45. The average molecular weight is 337 g/mol. The van der Waals surface area contributed by atoms with Gasteiger partial charge in [-0.25, -0.2) is 4.79 Å². The molecule has 3 aliphatic rings. The molecule has 0 aromatic rings. The van der Waals surface area contributed by atoms with Gasteiger partial charge in [0.15, 0.2) is 0 Å². The second-order valence-corrected chi connectivity index (χ2v) is 6.99. The van der Waals surface area contributed by atoms with E-state index in [1.807, 2.05) is 6.92 Å². The maximum Gasteiger partial charge on any atom is 0.325 e. The van der Waals surface area contributed by atoms with E-state index in [0.717, 1.165) is 32.2 Å². The Hall–Kier alpha value is -1.63. The lowest BCUT2D eigenvalue weighted by atomic mass is 9.98. The minimum atomic E-state index is -0.689. The van der Waals surface area contributed by atoms with Crippen LogP contribution in [0.5, 0.6) is 0 Å². The van der Waals surface area contributed by atoms with E-state index in [2.05, 4.69) is 5.32 Å². The predicted octanol–water partition coefficient (Wildman–Crippen LogP) is 1.27. The molecule has 3 fully saturated rings. The summed E-state index contributed by atoms with van der Waals surface area (Å²) in [7, 11) is 0. The van der Waals surface area contributed by atoms with Gasteiger partial charge in [-0.3, -0.25) is 14.5 Å². The highest BCUT2D eigenvalue weighted by molar-refractivity contribution is 6.07. The summed E-state index contributed by atoms with van der Waals surface area (Å²) in [6.45, 7) is 4.11. The van der Waals surface area contributed by atoms with Crippen LogP contribution in [-0.2, 0) is 14.3 Å². The Labute approximate surface area is 142 Å². The fraction of sp³-hybridized carbons (Fsp3) is 0.824. The summed E-state index contributed by atoms with van der Waals surface area (Å²) >= 11 is 0. The number of rotatable bonds is 5. The van der Waals surface area contributed by atoms with Gasteiger partial charge in [0.05, 0.1) is 6.10 Å². The third-order valence-corrected chi connectivity index (χ3v) is 5.39. The zero-order valence-corrected chi connectivity index (χ0v) is 14.4. The van der Waals surface area contributed by atoms with Crippen molar-refractivity contribution >= 4 is 17.8 Å². The molecule has 1 atom stereocenters. The van der Waals surface area contributed by atoms with Crippen LogP contribution in [0.1, 0.15) is 51.9 Å². The number of amides is 4. The van der Waals surface area contributed by atoms with Gasteiger partial charge in [0.2, 0.25) is 5.91 Å². The quantitative estimate of drug-likeness (QED) is 0.766. The molecular weight excluding hydrogens is 310 g/mol. The molecule has 7 heteroatoms. The van der Waals surface area contributed by atoms with Crippen molar-refractivity contribution in [1.29, 1.82) is 0 Å². The highest BCUT2D eigenvalue weighted by atomic mass is 16.5. The lowest BCUT2D eigenvalue weighted by molar-refractivity contribution is -0.136. The van der Waals surface area contributed by atoms with Crippen molar-refractivity contribution in [2.75, 3.05) is 26.2 Å². The Morgan fingerprint density at radius 1 is 1.29 bits per heavy atom. The molecule has 0 aromatic heterocycles. The van der Waals surface area contributed by atoms with Crippen LogP contribution in [0.4, 0.5) is 4.79 Å². The zero-order chi connectivity index (χ0) is 17.2. The number of nitrogens with one attached hydrogen (secondary N) is 1. The van der Waals surface area contributed by atoms with Crippen molar-refractivity contribution in [3.8, 4) is 0 Å². The van der Waals surface area contributed by atoms with Crippen molar-refractivity contribution in [2.45, 2.75) is 63.5 Å². The van der Waals surface area contributed by atoms with E-state index in [-0.39, 0.29) is 36.9 Å². The SMILES string of the molecule is CCO[C@@H]1CCCN(C(=O)CCN2C(=O)NC3(CCCC3)C2=O)C1. The van der Waals surface area contributed by atoms with E-state index in [4.69, 9.17) is 4.74 Å². The summed E-state index contributed by atoms with van der Waals surface area (Å²) in [6.07, 6.45) is 5.56. The Bertz CT molecular complexity index is 514. The minimum absolute atomic E-state index is 0.00706. The van der Waals surface area contributed by atoms with Crippen molar-refractivity contribution in [1.82, 2.24) is 15.1 Å². The second-order valence-electron chi connectivity index (χ2n) is 6.99. The third-order valence-electron chi connectivity index (χ3n) is 5.39. The van der Waals surface area contributed by atoms with E-state index in [1.165, 1.54) is 4.90 Å². The zero-order valence-electron chi connectivity index (χ0n) is 14.4. The summed E-state index contributed by atoms with van der Waals surface area (Å²) in [6, 6.07) is -0.347. The molecule has 7 nitrogen and oxygen atoms in total. The highest BCUT2D eigenvalue weighted by Gasteiger charge is 2.52. The van der Waals surface area contributed by atoms with Crippen LogP contribution in [-0.4, -0.2) is 65.5 Å². The summed E-state index contributed by atoms with van der Waals surface area (Å²) in [5.41, 5.74) is -0.689. The monoisotopic (exact) mass is 337 g/mol. The molecule has 0 aromatic carbocycles. The number of likely N-dealkylation sites (tertiary alicyclic amines) is 1. The summed E-state index contributed by atoms with van der Waals surface area (Å²) in [5.74, 6) is -0.156. The average Bonchev–Trinajstić information content (AvgIpc) is 3.13. The molecule has 134 valence electrons. The summed E-state index contributed by atoms with van der Waals surface area (Å²) in [4.78, 5) is 40.1. The Kier molecular flexibility index (Phi) is 5.08. The van der Waals surface area contributed by atoms with E-state index in [0.29, 0.717) is 26.0 Å². The molecule has 24 heavy (non-hydrogen) atoms. The summed E-state index contributed by atoms with van der Waals surface area (Å²) < 4.78 is 5.62. The van der Waals surface area contributed by atoms with E-state index < -0.39 is 5.54 Å². The first-order valence-electron chi connectivity index (χ1n) is 9.09. The third kappa shape index (κ3) is 3.27. The van der Waals surface area contributed by atoms with Gasteiger partial charge >= 0.3 is 6.03 Å². The molecule has 1 aliphatic carbocycles. The van der Waals surface area contributed by atoms with Crippen LogP contribution >= 0.6 is 0 Å². The molecule has 1 N–H and O–H groups in total. The molecular formula is C17H27N3O4. The first kappa shape index (κ1) is 17.2. The minimum Gasteiger partial charge on any atom is -0.377 e. The molecule has 2 heterocycles. The van der Waals surface area contributed by atoms with Gasteiger partial charge in [-0.1, -0.05) is 12.8 Å². The van der Waals surface area contributed by atoms with E-state index >= 15 is 0 Å². The van der Waals surface area contributed by atoms with Crippen LogP contribution in [0.3, 0.4) is 0 Å². The first-order valence-corrected chi connectivity index (χ1v) is 9.09. The molecule has 0 radical (unpaired) electrons. The van der Waals surface area contributed by atoms with Crippen LogP contribution < -0.4 is 5.32 Å². The van der Waals surface area contributed by atoms with Gasteiger partial charge < -0.3 is 15.0 Å². The molecule has 2 saturated heterocycles. The molecule has 0 bridgehead atoms. The number of hydrogen-bond donors (Lipinski definition) is 1. The van der Waals surface area contributed by atoms with Crippen LogP contribution in [0.2, 0.25) is 0 Å². The largest absolute Gasteiger partial charge is 0.377 e. The number of carbonyl (C=O) groups is 3. The molecule has 4 amide bonds. The molecule has 1 spiro atoms. The van der Waals surface area contributed by atoms with Gasteiger partial charge in [0.25, 0.3) is 5.91 Å². The van der Waals surface area contributed by atoms with Crippen LogP contribution in [0.25, 0.3) is 0 Å². The number of piperidine rings is 1. The van der Waals surface area contributed by atoms with Gasteiger partial charge in [0.1, 0.15) is 5.54 Å². The fourth-order valence-corrected chi connectivity index (χ4v) is 4.10. The van der Waals surface area contributed by atoms with Crippen molar-refractivity contribution in [3.05, 3.63) is 0 Å². The molecule has 0 unspecified atom stereocenters. The lowest BCUT2D eigenvalue weighted by Gasteiger charge is -2.32. The number of carbonyl (C=O) groups excluding carboxylic acids is 3. The molecule has 1 saturated carbocycles. The van der Waals surface area contributed by atoms with Crippen LogP contribution in [0, 0.1) is 0 Å². The van der Waals surface area contributed by atoms with Gasteiger partial charge in [0, 0.05) is 32.7 Å². The van der Waals surface area contributed by atoms with Crippen molar-refractivity contribution in [3.63, 3.8) is 0 Å². The topological polar surface area (TPSA) is 79.0 Å². The standard InChI is InChI=1S/C17H27N3O4/c1-2-24-13-6-5-10-19(12-13)14(21)7-11-20-15(22)17(18-16(20)23)8-3-4-9-17/h13H,2-12H2,1H3,(H,18,23)/t13-/m1/s1. The fourth-order valence-electron chi connectivity index (χ4n) is 4.10. The number of imide groups is 1. The smallest absolute Gasteiger partial charge is 0.325 e. The molecule has 2 aliphatic heterocycles. The molecule has 3 rings (SSSR count). The second kappa shape index (κ2) is 7.09. The Morgan fingerprint density at radius 3 is 2.75 bits per heavy atom. The summed E-state index contributed by atoms with van der Waals surface area (Å²) in [5, 5.41) is 2.85. The number of hydrogen-bond acceptors (Lipinski definition) is 4. The van der Waals surface area contributed by atoms with Crippen molar-refractivity contribution < 1.29 is 19.1 Å². The predicted molar refractivity (Wildman–Crippen MR) is 87.3 cm³/mol. The number of nitrogens with zero attached hydrogens (tertiary/aromatic N) is 2. The number of ether oxygens (including phenoxy) is 1. The van der Waals surface area contributed by atoms with E-state index in [9.17, 15) is 14.4 Å². The van der Waals surface area contributed by atoms with E-state index in [1.54, 1.807) is 4.90 Å². The van der Waals surface area contributed by atoms with Crippen LogP contribution in [0.15, 0.2) is 0 Å². The Balaban J connectivity index is 1.52. The van der Waals surface area contributed by atoms with Crippen molar-refractivity contribution in [2.24, 2.45) is 0 Å². The number of urea groups is 1. The maximum absolute atomic E-state index is 12.6. The maximum atomic E-state index is 12.6. The first-order chi connectivity index (χ1) is 11.6.